The molecule has 0 aromatic rings. The Morgan fingerprint density at radius 2 is 2.00 bits per heavy atom. The summed E-state index contributed by atoms with van der Waals surface area (Å²) in [7, 11) is 0. The van der Waals surface area contributed by atoms with Crippen molar-refractivity contribution in [2.75, 3.05) is 6.61 Å². The van der Waals surface area contributed by atoms with Crippen LogP contribution in [-0.4, -0.2) is 22.8 Å². The number of aliphatic hydroxyl groups excluding tert-OH is 1. The van der Waals surface area contributed by atoms with Crippen molar-refractivity contribution in [3.05, 3.63) is 0 Å². The van der Waals surface area contributed by atoms with Gasteiger partial charge in [0.25, 0.3) is 0 Å². The van der Waals surface area contributed by atoms with Gasteiger partial charge < -0.3 is 10.2 Å². The Morgan fingerprint density at radius 3 is 2.67 bits per heavy atom. The summed E-state index contributed by atoms with van der Waals surface area (Å²) in [5, 5.41) is 18.3. The highest BCUT2D eigenvalue weighted by Crippen LogP contribution is 2.45. The number of fused-ring (bicyclic) bond motifs is 1. The van der Waals surface area contributed by atoms with Crippen molar-refractivity contribution in [2.45, 2.75) is 38.5 Å². The fraction of sp³-hybridized carbons (Fsp3) is 0.917. The third kappa shape index (κ3) is 2.17. The van der Waals surface area contributed by atoms with Crippen LogP contribution in [0.2, 0.25) is 0 Å². The molecule has 0 spiro atoms. The first-order valence-electron chi connectivity index (χ1n) is 6.06. The van der Waals surface area contributed by atoms with Crippen molar-refractivity contribution < 1.29 is 15.0 Å². The van der Waals surface area contributed by atoms with E-state index in [1.165, 1.54) is 6.42 Å². The number of carbonyl (C=O) groups is 1. The van der Waals surface area contributed by atoms with Gasteiger partial charge in [-0.2, -0.15) is 0 Å². The van der Waals surface area contributed by atoms with Gasteiger partial charge in [0.05, 0.1) is 5.92 Å². The Labute approximate surface area is 90.5 Å². The van der Waals surface area contributed by atoms with Gasteiger partial charge in [-0.05, 0) is 43.4 Å². The van der Waals surface area contributed by atoms with Crippen molar-refractivity contribution in [1.29, 1.82) is 0 Å². The summed E-state index contributed by atoms with van der Waals surface area (Å²) < 4.78 is 0. The molecule has 0 heterocycles. The van der Waals surface area contributed by atoms with Crippen LogP contribution in [0.15, 0.2) is 0 Å². The second-order valence-electron chi connectivity index (χ2n) is 5.16. The summed E-state index contributed by atoms with van der Waals surface area (Å²) in [4.78, 5) is 11.1. The summed E-state index contributed by atoms with van der Waals surface area (Å²) in [6.07, 6.45) is 6.15. The number of carboxylic acid groups (broad SMARTS) is 1. The van der Waals surface area contributed by atoms with Crippen molar-refractivity contribution in [2.24, 2.45) is 23.7 Å². The molecule has 0 radical (unpaired) electrons. The van der Waals surface area contributed by atoms with Gasteiger partial charge >= 0.3 is 5.97 Å². The Morgan fingerprint density at radius 1 is 1.20 bits per heavy atom. The van der Waals surface area contributed by atoms with Crippen LogP contribution in [0.25, 0.3) is 0 Å². The van der Waals surface area contributed by atoms with Gasteiger partial charge in [0.1, 0.15) is 0 Å². The molecule has 4 atom stereocenters. The minimum absolute atomic E-state index is 0.108. The summed E-state index contributed by atoms with van der Waals surface area (Å²) in [6.45, 7) is 0.279. The molecule has 0 bridgehead atoms. The fourth-order valence-electron chi connectivity index (χ4n) is 3.53. The fourth-order valence-corrected chi connectivity index (χ4v) is 3.53. The third-order valence-corrected chi connectivity index (χ3v) is 4.33. The number of carboxylic acids is 1. The third-order valence-electron chi connectivity index (χ3n) is 4.33. The molecule has 0 saturated heterocycles. The zero-order valence-electron chi connectivity index (χ0n) is 9.06. The molecule has 2 saturated carbocycles. The highest BCUT2D eigenvalue weighted by Gasteiger charge is 2.40. The van der Waals surface area contributed by atoms with Gasteiger partial charge in [0.2, 0.25) is 0 Å². The highest BCUT2D eigenvalue weighted by atomic mass is 16.4. The molecule has 4 unspecified atom stereocenters. The average molecular weight is 212 g/mol. The summed E-state index contributed by atoms with van der Waals surface area (Å²) in [5.41, 5.74) is 0. The van der Waals surface area contributed by atoms with Gasteiger partial charge in [0.15, 0.2) is 0 Å². The molecular weight excluding hydrogens is 192 g/mol. The van der Waals surface area contributed by atoms with E-state index in [1.54, 1.807) is 0 Å². The van der Waals surface area contributed by atoms with Gasteiger partial charge in [-0.3, -0.25) is 4.79 Å². The molecule has 3 nitrogen and oxygen atoms in total. The van der Waals surface area contributed by atoms with Gasteiger partial charge in [0, 0.05) is 6.61 Å². The molecule has 3 heteroatoms. The SMILES string of the molecule is O=C(O)C1CCCC2CC(CO)CCC21. The number of hydrogen-bond acceptors (Lipinski definition) is 2. The molecule has 2 rings (SSSR count). The van der Waals surface area contributed by atoms with Crippen LogP contribution in [0.3, 0.4) is 0 Å². The standard InChI is InChI=1S/C12H20O3/c13-7-8-4-5-10-9(6-8)2-1-3-11(10)12(14)15/h8-11,13H,1-7H2,(H,14,15). The van der Waals surface area contributed by atoms with E-state index in [2.05, 4.69) is 0 Å². The maximum atomic E-state index is 11.1. The molecule has 15 heavy (non-hydrogen) atoms. The summed E-state index contributed by atoms with van der Waals surface area (Å²) in [5.74, 6) is 0.666. The highest BCUT2D eigenvalue weighted by molar-refractivity contribution is 5.70. The average Bonchev–Trinajstić information content (AvgIpc) is 2.27. The maximum Gasteiger partial charge on any atom is 0.306 e. The molecule has 2 N–H and O–H groups in total. The monoisotopic (exact) mass is 212 g/mol. The van der Waals surface area contributed by atoms with Crippen LogP contribution in [-0.2, 0) is 4.79 Å². The molecule has 0 amide bonds. The van der Waals surface area contributed by atoms with E-state index in [9.17, 15) is 4.79 Å². The van der Waals surface area contributed by atoms with E-state index in [0.717, 1.165) is 32.1 Å². The Hall–Kier alpha value is -0.570. The van der Waals surface area contributed by atoms with Crippen LogP contribution in [0.4, 0.5) is 0 Å². The second kappa shape index (κ2) is 4.52. The van der Waals surface area contributed by atoms with Gasteiger partial charge in [-0.15, -0.1) is 0 Å². The first-order chi connectivity index (χ1) is 7.22. The van der Waals surface area contributed by atoms with Crippen molar-refractivity contribution in [1.82, 2.24) is 0 Å². The largest absolute Gasteiger partial charge is 0.481 e. The van der Waals surface area contributed by atoms with Crippen LogP contribution >= 0.6 is 0 Å². The number of aliphatic carboxylic acids is 1. The zero-order valence-corrected chi connectivity index (χ0v) is 9.06. The predicted octanol–water partition coefficient (Wildman–Crippen LogP) is 1.90. The normalized spacial score (nSPS) is 40.9. The van der Waals surface area contributed by atoms with Crippen molar-refractivity contribution in [3.63, 3.8) is 0 Å². The molecule has 86 valence electrons. The Bertz CT molecular complexity index is 239. The van der Waals surface area contributed by atoms with E-state index < -0.39 is 5.97 Å². The summed E-state index contributed by atoms with van der Waals surface area (Å²) >= 11 is 0. The van der Waals surface area contributed by atoms with Crippen molar-refractivity contribution in [3.8, 4) is 0 Å². The lowest BCUT2D eigenvalue weighted by atomic mass is 9.63. The van der Waals surface area contributed by atoms with Crippen LogP contribution in [0.5, 0.6) is 0 Å². The van der Waals surface area contributed by atoms with E-state index in [1.807, 2.05) is 0 Å². The lowest BCUT2D eigenvalue weighted by molar-refractivity contribution is -0.147. The molecule has 0 aromatic heterocycles. The minimum Gasteiger partial charge on any atom is -0.481 e. The van der Waals surface area contributed by atoms with Gasteiger partial charge in [-0.25, -0.2) is 0 Å². The number of hydrogen-bond donors (Lipinski definition) is 2. The maximum absolute atomic E-state index is 11.1. The van der Waals surface area contributed by atoms with Crippen LogP contribution < -0.4 is 0 Å². The number of rotatable bonds is 2. The number of aliphatic hydroxyl groups is 1. The molecule has 0 aromatic carbocycles. The Balaban J connectivity index is 2.02. The van der Waals surface area contributed by atoms with E-state index in [4.69, 9.17) is 10.2 Å². The first kappa shape index (κ1) is 10.9. The van der Waals surface area contributed by atoms with E-state index in [-0.39, 0.29) is 12.5 Å². The van der Waals surface area contributed by atoms with Crippen LogP contribution in [0, 0.1) is 23.7 Å². The predicted molar refractivity (Wildman–Crippen MR) is 56.4 cm³/mol. The minimum atomic E-state index is -0.604. The quantitative estimate of drug-likeness (QED) is 0.735. The van der Waals surface area contributed by atoms with Crippen molar-refractivity contribution >= 4 is 5.97 Å². The Kier molecular flexibility index (Phi) is 3.29. The van der Waals surface area contributed by atoms with Gasteiger partial charge in [-0.1, -0.05) is 12.8 Å². The smallest absolute Gasteiger partial charge is 0.306 e. The lowest BCUT2D eigenvalue weighted by Gasteiger charge is -2.42. The molecule has 2 aliphatic carbocycles. The summed E-state index contributed by atoms with van der Waals surface area (Å²) in [6, 6.07) is 0. The molecular formula is C12H20O3. The molecule has 2 aliphatic rings. The molecule has 0 aliphatic heterocycles. The second-order valence-corrected chi connectivity index (χ2v) is 5.16. The van der Waals surface area contributed by atoms with E-state index in [0.29, 0.717) is 17.8 Å². The topological polar surface area (TPSA) is 57.5 Å². The van der Waals surface area contributed by atoms with Crippen LogP contribution in [0.1, 0.15) is 38.5 Å². The lowest BCUT2D eigenvalue weighted by Crippen LogP contribution is -2.38. The molecule has 2 fully saturated rings. The van der Waals surface area contributed by atoms with E-state index >= 15 is 0 Å². The zero-order chi connectivity index (χ0) is 10.8. The first-order valence-corrected chi connectivity index (χ1v) is 6.06.